The highest BCUT2D eigenvalue weighted by molar-refractivity contribution is 5.71. The third kappa shape index (κ3) is 3.47. The van der Waals surface area contributed by atoms with Crippen LogP contribution in [0.4, 0.5) is 0 Å². The normalized spacial score (nSPS) is 11.2. The van der Waals surface area contributed by atoms with Gasteiger partial charge in [-0.1, -0.05) is 42.5 Å². The summed E-state index contributed by atoms with van der Waals surface area (Å²) in [7, 11) is 3.71. The van der Waals surface area contributed by atoms with E-state index in [0.717, 1.165) is 39.8 Å². The van der Waals surface area contributed by atoms with Crippen LogP contribution in [0.25, 0.3) is 29.1 Å². The second-order valence-electron chi connectivity index (χ2n) is 6.61. The highest BCUT2D eigenvalue weighted by atomic mass is 16.5. The topological polar surface area (TPSA) is 44.9 Å². The fourth-order valence-electron chi connectivity index (χ4n) is 3.19. The predicted octanol–water partition coefficient (Wildman–Crippen LogP) is 4.76. The molecule has 0 N–H and O–H groups in total. The van der Waals surface area contributed by atoms with E-state index in [0.29, 0.717) is 0 Å². The van der Waals surface area contributed by atoms with Crippen molar-refractivity contribution < 1.29 is 4.74 Å². The van der Waals surface area contributed by atoms with Gasteiger partial charge < -0.3 is 13.9 Å². The summed E-state index contributed by atoms with van der Waals surface area (Å²) >= 11 is 0. The minimum Gasteiger partial charge on any atom is -0.495 e. The molecule has 0 saturated carbocycles. The van der Waals surface area contributed by atoms with E-state index in [-0.39, 0.29) is 0 Å². The van der Waals surface area contributed by atoms with Gasteiger partial charge in [-0.3, -0.25) is 0 Å². The molecule has 0 aliphatic rings. The van der Waals surface area contributed by atoms with E-state index in [1.807, 2.05) is 73.4 Å². The van der Waals surface area contributed by atoms with Crippen LogP contribution in [0.15, 0.2) is 67.3 Å². The highest BCUT2D eigenvalue weighted by Gasteiger charge is 2.08. The second kappa shape index (κ2) is 7.56. The lowest BCUT2D eigenvalue weighted by Crippen LogP contribution is -1.96. The van der Waals surface area contributed by atoms with Crippen molar-refractivity contribution in [1.82, 2.24) is 19.1 Å². The van der Waals surface area contributed by atoms with Crippen LogP contribution in [-0.4, -0.2) is 26.2 Å². The zero-order chi connectivity index (χ0) is 19.5. The minimum absolute atomic E-state index is 0.796. The Balaban J connectivity index is 1.61. The van der Waals surface area contributed by atoms with Gasteiger partial charge in [0, 0.05) is 13.2 Å². The van der Waals surface area contributed by atoms with E-state index in [1.54, 1.807) is 13.4 Å². The molecule has 0 aliphatic carbocycles. The number of hydrogen-bond donors (Lipinski definition) is 0. The average Bonchev–Trinajstić information content (AvgIpc) is 3.32. The minimum atomic E-state index is 0.796. The highest BCUT2D eigenvalue weighted by Crippen LogP contribution is 2.26. The molecule has 0 aliphatic heterocycles. The van der Waals surface area contributed by atoms with Crippen LogP contribution in [0.5, 0.6) is 5.75 Å². The Hall–Kier alpha value is -3.60. The maximum Gasteiger partial charge on any atom is 0.143 e. The van der Waals surface area contributed by atoms with E-state index in [4.69, 9.17) is 4.74 Å². The van der Waals surface area contributed by atoms with Gasteiger partial charge in [-0.05, 0) is 36.3 Å². The van der Waals surface area contributed by atoms with Gasteiger partial charge in [0.1, 0.15) is 11.6 Å². The summed E-state index contributed by atoms with van der Waals surface area (Å²) in [6.07, 6.45) is 9.74. The summed E-state index contributed by atoms with van der Waals surface area (Å²) in [5, 5.41) is 0. The van der Waals surface area contributed by atoms with Crippen LogP contribution >= 0.6 is 0 Å². The average molecular weight is 370 g/mol. The lowest BCUT2D eigenvalue weighted by Gasteiger charge is -2.10. The second-order valence-corrected chi connectivity index (χ2v) is 6.61. The van der Waals surface area contributed by atoms with E-state index >= 15 is 0 Å². The number of benzene rings is 2. The number of aromatic nitrogens is 4. The molecule has 5 heteroatoms. The fourth-order valence-corrected chi connectivity index (χ4v) is 3.19. The first-order chi connectivity index (χ1) is 13.7. The summed E-state index contributed by atoms with van der Waals surface area (Å²) in [6.45, 7) is 1.97. The van der Waals surface area contributed by atoms with Gasteiger partial charge in [-0.25, -0.2) is 9.97 Å². The third-order valence-electron chi connectivity index (χ3n) is 4.71. The molecule has 0 radical (unpaired) electrons. The van der Waals surface area contributed by atoms with Gasteiger partial charge in [-0.2, -0.15) is 0 Å². The Labute approximate surface area is 164 Å². The van der Waals surface area contributed by atoms with Crippen LogP contribution < -0.4 is 4.74 Å². The molecule has 140 valence electrons. The first-order valence-electron chi connectivity index (χ1n) is 9.10. The fraction of sp³-hybridized carbons (Fsp3) is 0.130. The van der Waals surface area contributed by atoms with Crippen molar-refractivity contribution in [3.8, 4) is 22.7 Å². The lowest BCUT2D eigenvalue weighted by atomic mass is 10.1. The van der Waals surface area contributed by atoms with Gasteiger partial charge in [0.05, 0.1) is 36.7 Å². The lowest BCUT2D eigenvalue weighted by molar-refractivity contribution is 0.413. The molecule has 0 bridgehead atoms. The van der Waals surface area contributed by atoms with E-state index in [2.05, 4.69) is 32.7 Å². The number of imidazole rings is 2. The number of aryl methyl sites for hydroxylation is 1. The number of ether oxygens (including phenoxy) is 1. The van der Waals surface area contributed by atoms with Crippen LogP contribution in [0.1, 0.15) is 17.1 Å². The largest absolute Gasteiger partial charge is 0.495 e. The molecule has 2 aromatic carbocycles. The van der Waals surface area contributed by atoms with Crippen LogP contribution in [0.3, 0.4) is 0 Å². The van der Waals surface area contributed by atoms with Crippen molar-refractivity contribution in [2.24, 2.45) is 7.05 Å². The number of hydrogen-bond acceptors (Lipinski definition) is 3. The quantitative estimate of drug-likeness (QED) is 0.509. The van der Waals surface area contributed by atoms with Gasteiger partial charge in [0.15, 0.2) is 0 Å². The van der Waals surface area contributed by atoms with Gasteiger partial charge in [0.2, 0.25) is 0 Å². The molecule has 0 spiro atoms. The zero-order valence-corrected chi connectivity index (χ0v) is 16.2. The SMILES string of the molecule is COc1cc(C=Cc2ncc(-c3ccccc3)n2C)ccc1-n1cnc(C)c1. The molecule has 2 heterocycles. The Kier molecular flexibility index (Phi) is 4.81. The van der Waals surface area contributed by atoms with Gasteiger partial charge >= 0.3 is 0 Å². The smallest absolute Gasteiger partial charge is 0.143 e. The summed E-state index contributed by atoms with van der Waals surface area (Å²) in [5.74, 6) is 1.69. The van der Waals surface area contributed by atoms with Crippen molar-refractivity contribution in [3.63, 3.8) is 0 Å². The predicted molar refractivity (Wildman–Crippen MR) is 112 cm³/mol. The van der Waals surface area contributed by atoms with Gasteiger partial charge in [-0.15, -0.1) is 0 Å². The molecule has 0 unspecified atom stereocenters. The van der Waals surface area contributed by atoms with Crippen LogP contribution in [-0.2, 0) is 7.05 Å². The molecule has 0 amide bonds. The molecule has 5 nitrogen and oxygen atoms in total. The zero-order valence-electron chi connectivity index (χ0n) is 16.2. The molecule has 4 rings (SSSR count). The number of nitrogens with zero attached hydrogens (tertiary/aromatic N) is 4. The Morgan fingerprint density at radius 2 is 1.82 bits per heavy atom. The molecule has 0 fully saturated rings. The van der Waals surface area contributed by atoms with E-state index in [9.17, 15) is 0 Å². The monoisotopic (exact) mass is 370 g/mol. The Bertz CT molecular complexity index is 1120. The number of rotatable bonds is 5. The molecular formula is C23H22N4O. The summed E-state index contributed by atoms with van der Waals surface area (Å²) in [5.41, 5.74) is 5.21. The molecule has 0 atom stereocenters. The Morgan fingerprint density at radius 1 is 1.00 bits per heavy atom. The first kappa shape index (κ1) is 17.8. The van der Waals surface area contributed by atoms with Crippen molar-refractivity contribution >= 4 is 12.2 Å². The number of methoxy groups -OCH3 is 1. The summed E-state index contributed by atoms with van der Waals surface area (Å²) in [4.78, 5) is 8.84. The molecule has 2 aromatic heterocycles. The van der Waals surface area contributed by atoms with Crippen molar-refractivity contribution in [1.29, 1.82) is 0 Å². The first-order valence-corrected chi connectivity index (χ1v) is 9.10. The molecule has 4 aromatic rings. The molecule has 0 saturated heterocycles. The Morgan fingerprint density at radius 3 is 2.54 bits per heavy atom. The standard InChI is InChI=1S/C23H22N4O/c1-17-15-27(16-25-17)20-11-9-18(13-22(20)28-3)10-12-23-24-14-21(26(23)2)19-7-5-4-6-8-19/h4-16H,1-3H3. The van der Waals surface area contributed by atoms with Crippen molar-refractivity contribution in [3.05, 3.63) is 84.3 Å². The summed E-state index contributed by atoms with van der Waals surface area (Å²) in [6, 6.07) is 16.4. The van der Waals surface area contributed by atoms with E-state index < -0.39 is 0 Å². The maximum absolute atomic E-state index is 5.58. The molecular weight excluding hydrogens is 348 g/mol. The van der Waals surface area contributed by atoms with Crippen LogP contribution in [0, 0.1) is 6.92 Å². The molecule has 28 heavy (non-hydrogen) atoms. The summed E-state index contributed by atoms with van der Waals surface area (Å²) < 4.78 is 9.64. The third-order valence-corrected chi connectivity index (χ3v) is 4.71. The van der Waals surface area contributed by atoms with Crippen molar-refractivity contribution in [2.75, 3.05) is 7.11 Å². The maximum atomic E-state index is 5.58. The van der Waals surface area contributed by atoms with Gasteiger partial charge in [0.25, 0.3) is 0 Å². The van der Waals surface area contributed by atoms with Crippen LogP contribution in [0.2, 0.25) is 0 Å². The van der Waals surface area contributed by atoms with Crippen molar-refractivity contribution in [2.45, 2.75) is 6.92 Å². The van der Waals surface area contributed by atoms with E-state index in [1.165, 1.54) is 0 Å².